The predicted molar refractivity (Wildman–Crippen MR) is 67.3 cm³/mol. The van der Waals surface area contributed by atoms with Crippen molar-refractivity contribution in [2.45, 2.75) is 0 Å². The second kappa shape index (κ2) is 5.48. The van der Waals surface area contributed by atoms with Gasteiger partial charge < -0.3 is 10.1 Å². The average Bonchev–Trinajstić information content (AvgIpc) is 2.38. The highest BCUT2D eigenvalue weighted by Gasteiger charge is 2.11. The van der Waals surface area contributed by atoms with Crippen molar-refractivity contribution in [1.29, 1.82) is 0 Å². The molecule has 0 spiro atoms. The second-order valence-electron chi connectivity index (χ2n) is 3.81. The Kier molecular flexibility index (Phi) is 3.75. The van der Waals surface area contributed by atoms with Crippen LogP contribution in [-0.2, 0) is 0 Å². The van der Waals surface area contributed by atoms with E-state index in [1.54, 1.807) is 24.3 Å². The zero-order valence-electron chi connectivity index (χ0n) is 10.1. The molecule has 0 unspecified atom stereocenters. The Hall–Kier alpha value is -2.43. The van der Waals surface area contributed by atoms with Crippen LogP contribution in [0.15, 0.2) is 42.5 Å². The lowest BCUT2D eigenvalue weighted by Gasteiger charge is -2.09. The van der Waals surface area contributed by atoms with E-state index in [2.05, 4.69) is 5.32 Å². The van der Waals surface area contributed by atoms with Crippen LogP contribution in [0.4, 0.5) is 14.5 Å². The van der Waals surface area contributed by atoms with Crippen LogP contribution >= 0.6 is 0 Å². The molecule has 0 aliphatic rings. The number of rotatable bonds is 3. The molecule has 2 rings (SSSR count). The molecule has 1 amide bonds. The number of anilines is 1. The van der Waals surface area contributed by atoms with Gasteiger partial charge in [-0.3, -0.25) is 4.79 Å². The number of amides is 1. The van der Waals surface area contributed by atoms with Crippen LogP contribution in [0.2, 0.25) is 0 Å². The normalized spacial score (nSPS) is 10.1. The Morgan fingerprint density at radius 2 is 1.74 bits per heavy atom. The first kappa shape index (κ1) is 13.0. The van der Waals surface area contributed by atoms with Gasteiger partial charge in [0.25, 0.3) is 5.91 Å². The third-order valence-corrected chi connectivity index (χ3v) is 2.48. The van der Waals surface area contributed by atoms with E-state index in [0.29, 0.717) is 17.5 Å². The van der Waals surface area contributed by atoms with Gasteiger partial charge in [0.1, 0.15) is 17.4 Å². The lowest BCUT2D eigenvalue weighted by molar-refractivity contribution is 0.102. The molecule has 0 saturated heterocycles. The van der Waals surface area contributed by atoms with E-state index in [9.17, 15) is 13.6 Å². The molecule has 0 saturated carbocycles. The molecule has 0 fully saturated rings. The number of methoxy groups -OCH3 is 1. The minimum Gasteiger partial charge on any atom is -0.495 e. The fraction of sp³-hybridized carbons (Fsp3) is 0.0714. The number of carbonyl (C=O) groups excluding carboxylic acids is 1. The summed E-state index contributed by atoms with van der Waals surface area (Å²) in [5.74, 6) is -1.74. The molecule has 2 aromatic rings. The summed E-state index contributed by atoms with van der Waals surface area (Å²) in [6, 6.07) is 9.40. The number of benzene rings is 2. The van der Waals surface area contributed by atoms with E-state index < -0.39 is 17.5 Å². The quantitative estimate of drug-likeness (QED) is 0.923. The maximum Gasteiger partial charge on any atom is 0.255 e. The van der Waals surface area contributed by atoms with Gasteiger partial charge in [-0.15, -0.1) is 0 Å². The fourth-order valence-corrected chi connectivity index (χ4v) is 1.63. The molecular formula is C14H11F2NO2. The largest absolute Gasteiger partial charge is 0.495 e. The van der Waals surface area contributed by atoms with Crippen molar-refractivity contribution in [1.82, 2.24) is 0 Å². The van der Waals surface area contributed by atoms with Crippen molar-refractivity contribution >= 4 is 11.6 Å². The molecular weight excluding hydrogens is 252 g/mol. The summed E-state index contributed by atoms with van der Waals surface area (Å²) in [5.41, 5.74) is 0.336. The summed E-state index contributed by atoms with van der Waals surface area (Å²) in [6.45, 7) is 0. The molecule has 0 radical (unpaired) electrons. The van der Waals surface area contributed by atoms with Gasteiger partial charge in [0.2, 0.25) is 0 Å². The fourth-order valence-electron chi connectivity index (χ4n) is 1.63. The van der Waals surface area contributed by atoms with Gasteiger partial charge in [0.05, 0.1) is 12.8 Å². The smallest absolute Gasteiger partial charge is 0.255 e. The number of hydrogen-bond acceptors (Lipinski definition) is 2. The van der Waals surface area contributed by atoms with Gasteiger partial charge in [-0.05, 0) is 24.3 Å². The molecule has 3 nitrogen and oxygen atoms in total. The average molecular weight is 263 g/mol. The molecule has 0 aromatic heterocycles. The summed E-state index contributed by atoms with van der Waals surface area (Å²) in [5, 5.41) is 2.53. The van der Waals surface area contributed by atoms with Gasteiger partial charge in [0, 0.05) is 11.6 Å². The van der Waals surface area contributed by atoms with Crippen LogP contribution in [0.1, 0.15) is 10.4 Å². The van der Waals surface area contributed by atoms with E-state index in [1.165, 1.54) is 7.11 Å². The third-order valence-electron chi connectivity index (χ3n) is 2.48. The number of carbonyl (C=O) groups is 1. The second-order valence-corrected chi connectivity index (χ2v) is 3.81. The van der Waals surface area contributed by atoms with Gasteiger partial charge in [-0.1, -0.05) is 12.1 Å². The first-order valence-corrected chi connectivity index (χ1v) is 5.50. The van der Waals surface area contributed by atoms with Gasteiger partial charge in [0.15, 0.2) is 0 Å². The number of para-hydroxylation sites is 2. The first-order valence-electron chi connectivity index (χ1n) is 5.50. The van der Waals surface area contributed by atoms with E-state index >= 15 is 0 Å². The van der Waals surface area contributed by atoms with E-state index in [4.69, 9.17) is 4.74 Å². The summed E-state index contributed by atoms with van der Waals surface area (Å²) < 4.78 is 31.1. The maximum atomic E-state index is 13.0. The highest BCUT2D eigenvalue weighted by molar-refractivity contribution is 6.05. The Morgan fingerprint density at radius 1 is 1.11 bits per heavy atom. The van der Waals surface area contributed by atoms with Crippen molar-refractivity contribution in [3.63, 3.8) is 0 Å². The zero-order chi connectivity index (χ0) is 13.8. The molecule has 0 aliphatic carbocycles. The van der Waals surface area contributed by atoms with E-state index in [0.717, 1.165) is 12.1 Å². The molecule has 0 aliphatic heterocycles. The summed E-state index contributed by atoms with van der Waals surface area (Å²) in [6.07, 6.45) is 0. The third kappa shape index (κ3) is 3.07. The van der Waals surface area contributed by atoms with Crippen LogP contribution < -0.4 is 10.1 Å². The topological polar surface area (TPSA) is 38.3 Å². The van der Waals surface area contributed by atoms with Crippen LogP contribution in [0.5, 0.6) is 5.75 Å². The van der Waals surface area contributed by atoms with Gasteiger partial charge >= 0.3 is 0 Å². The summed E-state index contributed by atoms with van der Waals surface area (Å²) in [7, 11) is 1.47. The van der Waals surface area contributed by atoms with Crippen molar-refractivity contribution < 1.29 is 18.3 Å². The van der Waals surface area contributed by atoms with Crippen LogP contribution in [-0.4, -0.2) is 13.0 Å². The number of ether oxygens (including phenoxy) is 1. The Balaban J connectivity index is 2.25. The van der Waals surface area contributed by atoms with Crippen molar-refractivity contribution in [3.8, 4) is 5.75 Å². The molecule has 19 heavy (non-hydrogen) atoms. The lowest BCUT2D eigenvalue weighted by atomic mass is 10.2. The number of halogens is 2. The van der Waals surface area contributed by atoms with Crippen LogP contribution in [0.3, 0.4) is 0 Å². The van der Waals surface area contributed by atoms with Crippen molar-refractivity contribution in [2.75, 3.05) is 12.4 Å². The Labute approximate surface area is 108 Å². The first-order chi connectivity index (χ1) is 9.10. The van der Waals surface area contributed by atoms with E-state index in [-0.39, 0.29) is 5.56 Å². The standard InChI is InChI=1S/C14H11F2NO2/c1-19-13-5-3-2-4-12(13)17-14(18)9-6-10(15)8-11(16)7-9/h2-8H,1H3,(H,17,18). The minimum atomic E-state index is -0.801. The van der Waals surface area contributed by atoms with E-state index in [1.807, 2.05) is 0 Å². The Morgan fingerprint density at radius 3 is 2.37 bits per heavy atom. The molecule has 0 heterocycles. The van der Waals surface area contributed by atoms with Gasteiger partial charge in [-0.25, -0.2) is 8.78 Å². The molecule has 0 bridgehead atoms. The van der Waals surface area contributed by atoms with Crippen LogP contribution in [0.25, 0.3) is 0 Å². The number of nitrogens with one attached hydrogen (secondary N) is 1. The zero-order valence-corrected chi connectivity index (χ0v) is 10.1. The molecule has 98 valence electrons. The predicted octanol–water partition coefficient (Wildman–Crippen LogP) is 3.23. The summed E-state index contributed by atoms with van der Waals surface area (Å²) >= 11 is 0. The minimum absolute atomic E-state index is 0.0941. The highest BCUT2D eigenvalue weighted by Crippen LogP contribution is 2.23. The molecule has 0 atom stereocenters. The monoisotopic (exact) mass is 263 g/mol. The van der Waals surface area contributed by atoms with Crippen molar-refractivity contribution in [2.24, 2.45) is 0 Å². The Bertz CT molecular complexity index is 594. The lowest BCUT2D eigenvalue weighted by Crippen LogP contribution is -2.13. The molecule has 2 aromatic carbocycles. The molecule has 5 heteroatoms. The SMILES string of the molecule is COc1ccccc1NC(=O)c1cc(F)cc(F)c1. The number of hydrogen-bond donors (Lipinski definition) is 1. The van der Waals surface area contributed by atoms with Gasteiger partial charge in [-0.2, -0.15) is 0 Å². The van der Waals surface area contributed by atoms with Crippen molar-refractivity contribution in [3.05, 3.63) is 59.7 Å². The maximum absolute atomic E-state index is 13.0. The summed E-state index contributed by atoms with van der Waals surface area (Å²) in [4.78, 5) is 11.9. The molecule has 1 N–H and O–H groups in total. The van der Waals surface area contributed by atoms with Crippen LogP contribution in [0, 0.1) is 11.6 Å². The highest BCUT2D eigenvalue weighted by atomic mass is 19.1.